The van der Waals surface area contributed by atoms with Crippen molar-refractivity contribution in [3.05, 3.63) is 71.0 Å². The molecular formula is C19H15BrN4O2. The lowest BCUT2D eigenvalue weighted by Gasteiger charge is -2.29. The van der Waals surface area contributed by atoms with Crippen LogP contribution in [0.3, 0.4) is 0 Å². The highest BCUT2D eigenvalue weighted by Gasteiger charge is 2.24. The molecule has 0 saturated carbocycles. The second-order valence-corrected chi connectivity index (χ2v) is 6.61. The number of amides is 1. The standard InChI is InChI=1S/C19H15BrN4O2/c20-14-4-7-17-16(12-14)24(10-11-26-17)18(25)13-2-5-15(6-3-13)23-19-21-8-1-9-22-19/h1-9,12H,10-11H2,(H,21,22,23). The highest BCUT2D eigenvalue weighted by molar-refractivity contribution is 9.10. The third kappa shape index (κ3) is 3.39. The summed E-state index contributed by atoms with van der Waals surface area (Å²) in [6.45, 7) is 0.992. The summed E-state index contributed by atoms with van der Waals surface area (Å²) in [6, 6.07) is 14.7. The molecule has 1 aliphatic heterocycles. The Balaban J connectivity index is 1.55. The average Bonchev–Trinajstić information content (AvgIpc) is 2.68. The van der Waals surface area contributed by atoms with E-state index >= 15 is 0 Å². The van der Waals surface area contributed by atoms with Crippen LogP contribution < -0.4 is 15.0 Å². The number of carbonyl (C=O) groups is 1. The zero-order valence-electron chi connectivity index (χ0n) is 13.7. The number of rotatable bonds is 3. The molecule has 1 aromatic heterocycles. The second-order valence-electron chi connectivity index (χ2n) is 5.69. The van der Waals surface area contributed by atoms with Crippen molar-refractivity contribution in [3.63, 3.8) is 0 Å². The molecule has 0 radical (unpaired) electrons. The Labute approximate surface area is 159 Å². The number of hydrogen-bond acceptors (Lipinski definition) is 5. The average molecular weight is 411 g/mol. The van der Waals surface area contributed by atoms with Gasteiger partial charge >= 0.3 is 0 Å². The quantitative estimate of drug-likeness (QED) is 0.705. The van der Waals surface area contributed by atoms with Crippen LogP contribution in [-0.4, -0.2) is 29.0 Å². The van der Waals surface area contributed by atoms with Gasteiger partial charge in [0.05, 0.1) is 12.2 Å². The minimum Gasteiger partial charge on any atom is -0.490 e. The van der Waals surface area contributed by atoms with E-state index in [0.29, 0.717) is 30.4 Å². The Bertz CT molecular complexity index is 932. The van der Waals surface area contributed by atoms with Gasteiger partial charge in [-0.1, -0.05) is 15.9 Å². The van der Waals surface area contributed by atoms with Crippen LogP contribution in [0.5, 0.6) is 5.75 Å². The van der Waals surface area contributed by atoms with Crippen LogP contribution >= 0.6 is 15.9 Å². The van der Waals surface area contributed by atoms with Crippen LogP contribution in [0.4, 0.5) is 17.3 Å². The maximum atomic E-state index is 13.0. The molecule has 0 bridgehead atoms. The van der Waals surface area contributed by atoms with Crippen LogP contribution in [0.25, 0.3) is 0 Å². The number of halogens is 1. The molecule has 0 unspecified atom stereocenters. The van der Waals surface area contributed by atoms with Crippen LogP contribution in [0.15, 0.2) is 65.4 Å². The SMILES string of the molecule is O=C(c1ccc(Nc2ncccn2)cc1)N1CCOc2ccc(Br)cc21. The van der Waals surface area contributed by atoms with E-state index in [1.165, 1.54) is 0 Å². The molecule has 0 spiro atoms. The molecule has 1 N–H and O–H groups in total. The number of anilines is 3. The highest BCUT2D eigenvalue weighted by Crippen LogP contribution is 2.35. The molecule has 6 nitrogen and oxygen atoms in total. The fourth-order valence-corrected chi connectivity index (χ4v) is 3.10. The van der Waals surface area contributed by atoms with E-state index in [1.54, 1.807) is 35.5 Å². The van der Waals surface area contributed by atoms with E-state index in [9.17, 15) is 4.79 Å². The molecule has 0 atom stereocenters. The number of nitrogens with one attached hydrogen (secondary N) is 1. The summed E-state index contributed by atoms with van der Waals surface area (Å²) in [5, 5.41) is 3.10. The van der Waals surface area contributed by atoms with Crippen molar-refractivity contribution in [2.75, 3.05) is 23.4 Å². The van der Waals surface area contributed by atoms with Gasteiger partial charge in [-0.3, -0.25) is 4.79 Å². The van der Waals surface area contributed by atoms with Crippen LogP contribution in [0.2, 0.25) is 0 Å². The molecule has 26 heavy (non-hydrogen) atoms. The second kappa shape index (κ2) is 7.13. The summed E-state index contributed by atoms with van der Waals surface area (Å²) in [7, 11) is 0. The van der Waals surface area contributed by atoms with Gasteiger partial charge in [0.25, 0.3) is 5.91 Å². The predicted octanol–water partition coefficient (Wildman–Crippen LogP) is 4.02. The van der Waals surface area contributed by atoms with E-state index in [1.807, 2.05) is 30.3 Å². The Kier molecular flexibility index (Phi) is 4.53. The number of aromatic nitrogens is 2. The van der Waals surface area contributed by atoms with Crippen molar-refractivity contribution in [1.82, 2.24) is 9.97 Å². The molecule has 0 fully saturated rings. The third-order valence-electron chi connectivity index (χ3n) is 3.98. The number of fused-ring (bicyclic) bond motifs is 1. The fourth-order valence-electron chi connectivity index (χ4n) is 2.75. The fraction of sp³-hybridized carbons (Fsp3) is 0.105. The zero-order valence-corrected chi connectivity index (χ0v) is 15.3. The molecule has 2 aromatic carbocycles. The minimum atomic E-state index is -0.0600. The lowest BCUT2D eigenvalue weighted by Crippen LogP contribution is -2.37. The third-order valence-corrected chi connectivity index (χ3v) is 4.48. The first-order chi connectivity index (χ1) is 12.7. The van der Waals surface area contributed by atoms with E-state index in [2.05, 4.69) is 31.2 Å². The largest absolute Gasteiger partial charge is 0.490 e. The lowest BCUT2D eigenvalue weighted by atomic mass is 10.1. The molecule has 3 aromatic rings. The van der Waals surface area contributed by atoms with Crippen molar-refractivity contribution in [1.29, 1.82) is 0 Å². The van der Waals surface area contributed by atoms with Gasteiger partial charge in [0.2, 0.25) is 5.95 Å². The normalized spacial score (nSPS) is 12.9. The Morgan fingerprint density at radius 3 is 2.65 bits per heavy atom. The molecule has 0 aliphatic carbocycles. The van der Waals surface area contributed by atoms with Crippen molar-refractivity contribution in [3.8, 4) is 5.75 Å². The molecule has 130 valence electrons. The number of benzene rings is 2. The maximum Gasteiger partial charge on any atom is 0.258 e. The van der Waals surface area contributed by atoms with Crippen LogP contribution in [0.1, 0.15) is 10.4 Å². The molecule has 2 heterocycles. The summed E-state index contributed by atoms with van der Waals surface area (Å²) < 4.78 is 6.55. The molecule has 7 heteroatoms. The number of carbonyl (C=O) groups excluding carboxylic acids is 1. The molecule has 4 rings (SSSR count). The van der Waals surface area contributed by atoms with Gasteiger partial charge in [-0.05, 0) is 48.5 Å². The monoisotopic (exact) mass is 410 g/mol. The molecule has 1 amide bonds. The molecule has 0 saturated heterocycles. The van der Waals surface area contributed by atoms with E-state index in [4.69, 9.17) is 4.74 Å². The predicted molar refractivity (Wildman–Crippen MR) is 103 cm³/mol. The highest BCUT2D eigenvalue weighted by atomic mass is 79.9. The van der Waals surface area contributed by atoms with Crippen molar-refractivity contribution in [2.24, 2.45) is 0 Å². The number of hydrogen-bond donors (Lipinski definition) is 1. The zero-order chi connectivity index (χ0) is 17.9. The maximum absolute atomic E-state index is 13.0. The smallest absolute Gasteiger partial charge is 0.258 e. The van der Waals surface area contributed by atoms with Crippen molar-refractivity contribution >= 4 is 39.2 Å². The van der Waals surface area contributed by atoms with Gasteiger partial charge in [0, 0.05) is 28.1 Å². The van der Waals surface area contributed by atoms with Crippen LogP contribution in [-0.2, 0) is 0 Å². The van der Waals surface area contributed by atoms with Gasteiger partial charge in [0.1, 0.15) is 12.4 Å². The van der Waals surface area contributed by atoms with E-state index < -0.39 is 0 Å². The van der Waals surface area contributed by atoms with Gasteiger partial charge < -0.3 is 15.0 Å². The Morgan fingerprint density at radius 2 is 1.88 bits per heavy atom. The van der Waals surface area contributed by atoms with Gasteiger partial charge in [-0.25, -0.2) is 9.97 Å². The van der Waals surface area contributed by atoms with E-state index in [0.717, 1.165) is 15.8 Å². The van der Waals surface area contributed by atoms with Gasteiger partial charge in [-0.2, -0.15) is 0 Å². The van der Waals surface area contributed by atoms with Crippen molar-refractivity contribution < 1.29 is 9.53 Å². The lowest BCUT2D eigenvalue weighted by molar-refractivity contribution is 0.0976. The van der Waals surface area contributed by atoms with Gasteiger partial charge in [-0.15, -0.1) is 0 Å². The van der Waals surface area contributed by atoms with Crippen molar-refractivity contribution in [2.45, 2.75) is 0 Å². The summed E-state index contributed by atoms with van der Waals surface area (Å²) in [5.74, 6) is 1.17. The summed E-state index contributed by atoms with van der Waals surface area (Å²) in [5.41, 5.74) is 2.20. The van der Waals surface area contributed by atoms with Crippen LogP contribution in [0, 0.1) is 0 Å². The first-order valence-electron chi connectivity index (χ1n) is 8.09. The summed E-state index contributed by atoms with van der Waals surface area (Å²) in [4.78, 5) is 22.9. The molecular weight excluding hydrogens is 396 g/mol. The summed E-state index contributed by atoms with van der Waals surface area (Å²) in [6.07, 6.45) is 3.34. The molecule has 1 aliphatic rings. The Hall–Kier alpha value is -2.93. The minimum absolute atomic E-state index is 0.0600. The first-order valence-corrected chi connectivity index (χ1v) is 8.88. The van der Waals surface area contributed by atoms with E-state index in [-0.39, 0.29) is 5.91 Å². The van der Waals surface area contributed by atoms with Gasteiger partial charge in [0.15, 0.2) is 0 Å². The number of ether oxygens (including phenoxy) is 1. The summed E-state index contributed by atoms with van der Waals surface area (Å²) >= 11 is 3.45. The first kappa shape index (κ1) is 16.5. The number of nitrogens with zero attached hydrogens (tertiary/aromatic N) is 3. The Morgan fingerprint density at radius 1 is 1.12 bits per heavy atom. The topological polar surface area (TPSA) is 67.4 Å².